The molecular formula is C17H31N3. The van der Waals surface area contributed by atoms with Crippen LogP contribution in [0.5, 0.6) is 0 Å². The van der Waals surface area contributed by atoms with E-state index in [0.29, 0.717) is 0 Å². The second kappa shape index (κ2) is 9.76. The molecule has 1 heterocycles. The van der Waals surface area contributed by atoms with Crippen molar-refractivity contribution >= 4 is 5.82 Å². The summed E-state index contributed by atoms with van der Waals surface area (Å²) in [5.74, 6) is 1.77. The third-order valence-corrected chi connectivity index (χ3v) is 3.78. The molecule has 0 fully saturated rings. The summed E-state index contributed by atoms with van der Waals surface area (Å²) >= 11 is 0. The van der Waals surface area contributed by atoms with Crippen molar-refractivity contribution in [2.45, 2.75) is 59.9 Å². The fraction of sp³-hybridized carbons (Fsp3) is 0.706. The zero-order valence-corrected chi connectivity index (χ0v) is 13.6. The van der Waals surface area contributed by atoms with Crippen molar-refractivity contribution in [1.29, 1.82) is 0 Å². The van der Waals surface area contributed by atoms with Crippen molar-refractivity contribution in [3.8, 4) is 0 Å². The standard InChI is InChI=1S/C17H31N3/c1-5-9-18-12-15-10-16(8-4)20-17(11-15)19-13-14(6-2)7-3/h10-11,14,18H,5-9,12-13H2,1-4H3,(H,19,20). The molecule has 0 atom stereocenters. The first-order valence-corrected chi connectivity index (χ1v) is 8.17. The van der Waals surface area contributed by atoms with Crippen molar-refractivity contribution in [1.82, 2.24) is 10.3 Å². The highest BCUT2D eigenvalue weighted by Gasteiger charge is 2.05. The molecule has 0 bridgehead atoms. The lowest BCUT2D eigenvalue weighted by Gasteiger charge is -2.15. The molecule has 114 valence electrons. The minimum absolute atomic E-state index is 0.740. The Morgan fingerprint density at radius 3 is 2.45 bits per heavy atom. The van der Waals surface area contributed by atoms with Crippen LogP contribution in [-0.2, 0) is 13.0 Å². The second-order valence-corrected chi connectivity index (χ2v) is 5.45. The topological polar surface area (TPSA) is 37.0 Å². The number of rotatable bonds is 10. The Kier molecular flexibility index (Phi) is 8.28. The Bertz CT molecular complexity index is 372. The highest BCUT2D eigenvalue weighted by atomic mass is 15.0. The molecule has 0 radical (unpaired) electrons. The minimum atomic E-state index is 0.740. The van der Waals surface area contributed by atoms with Gasteiger partial charge in [0.15, 0.2) is 0 Å². The first-order valence-electron chi connectivity index (χ1n) is 8.17. The van der Waals surface area contributed by atoms with Crippen LogP contribution >= 0.6 is 0 Å². The van der Waals surface area contributed by atoms with E-state index < -0.39 is 0 Å². The largest absolute Gasteiger partial charge is 0.370 e. The third kappa shape index (κ3) is 5.91. The Morgan fingerprint density at radius 1 is 1.10 bits per heavy atom. The first kappa shape index (κ1) is 17.0. The summed E-state index contributed by atoms with van der Waals surface area (Å²) in [6, 6.07) is 4.40. The van der Waals surface area contributed by atoms with E-state index >= 15 is 0 Å². The highest BCUT2D eigenvalue weighted by molar-refractivity contribution is 5.39. The van der Waals surface area contributed by atoms with Crippen molar-refractivity contribution in [2.24, 2.45) is 5.92 Å². The number of hydrogen-bond donors (Lipinski definition) is 2. The van der Waals surface area contributed by atoms with Crippen LogP contribution in [-0.4, -0.2) is 18.1 Å². The molecule has 20 heavy (non-hydrogen) atoms. The molecular weight excluding hydrogens is 246 g/mol. The SMILES string of the molecule is CCCNCc1cc(CC)nc(NCC(CC)CC)c1. The Hall–Kier alpha value is -1.09. The number of aromatic nitrogens is 1. The van der Waals surface area contributed by atoms with Crippen molar-refractivity contribution in [3.05, 3.63) is 23.4 Å². The summed E-state index contributed by atoms with van der Waals surface area (Å²) in [6.07, 6.45) is 4.61. The summed E-state index contributed by atoms with van der Waals surface area (Å²) < 4.78 is 0. The average molecular weight is 277 g/mol. The maximum Gasteiger partial charge on any atom is 0.126 e. The van der Waals surface area contributed by atoms with Crippen molar-refractivity contribution in [3.63, 3.8) is 0 Å². The van der Waals surface area contributed by atoms with Crippen LogP contribution in [0, 0.1) is 5.92 Å². The van der Waals surface area contributed by atoms with E-state index in [1.54, 1.807) is 0 Å². The molecule has 0 saturated heterocycles. The number of pyridine rings is 1. The molecule has 0 aliphatic heterocycles. The zero-order valence-electron chi connectivity index (χ0n) is 13.6. The number of nitrogens with one attached hydrogen (secondary N) is 2. The molecule has 3 heteroatoms. The van der Waals surface area contributed by atoms with Gasteiger partial charge in [-0.05, 0) is 43.0 Å². The first-order chi connectivity index (χ1) is 9.73. The van der Waals surface area contributed by atoms with E-state index in [1.807, 2.05) is 0 Å². The monoisotopic (exact) mass is 277 g/mol. The molecule has 0 aliphatic carbocycles. The average Bonchev–Trinajstić information content (AvgIpc) is 2.48. The molecule has 0 unspecified atom stereocenters. The molecule has 0 aromatic carbocycles. The predicted octanol–water partition coefficient (Wildman–Crippen LogP) is 3.99. The number of aryl methyl sites for hydroxylation is 1. The van der Waals surface area contributed by atoms with Gasteiger partial charge in [-0.25, -0.2) is 4.98 Å². The van der Waals surface area contributed by atoms with Crippen LogP contribution in [0.15, 0.2) is 12.1 Å². The molecule has 0 saturated carbocycles. The summed E-state index contributed by atoms with van der Waals surface area (Å²) in [5, 5.41) is 6.97. The predicted molar refractivity (Wildman–Crippen MR) is 88.2 cm³/mol. The molecule has 2 N–H and O–H groups in total. The highest BCUT2D eigenvalue weighted by Crippen LogP contribution is 2.14. The summed E-state index contributed by atoms with van der Waals surface area (Å²) in [6.45, 7) is 11.9. The van der Waals surface area contributed by atoms with Crippen molar-refractivity contribution in [2.75, 3.05) is 18.4 Å². The summed E-state index contributed by atoms with van der Waals surface area (Å²) in [7, 11) is 0. The van der Waals surface area contributed by atoms with Gasteiger partial charge in [0, 0.05) is 18.8 Å². The van der Waals surface area contributed by atoms with Gasteiger partial charge in [-0.15, -0.1) is 0 Å². The lowest BCUT2D eigenvalue weighted by atomic mass is 10.0. The van der Waals surface area contributed by atoms with Gasteiger partial charge in [0.1, 0.15) is 5.82 Å². The van der Waals surface area contributed by atoms with Gasteiger partial charge in [-0.3, -0.25) is 0 Å². The summed E-state index contributed by atoms with van der Waals surface area (Å²) in [5.41, 5.74) is 2.50. The quantitative estimate of drug-likeness (QED) is 0.635. The maximum absolute atomic E-state index is 4.68. The molecule has 0 amide bonds. The van der Waals surface area contributed by atoms with E-state index in [-0.39, 0.29) is 0 Å². The van der Waals surface area contributed by atoms with Crippen LogP contribution in [0.2, 0.25) is 0 Å². The third-order valence-electron chi connectivity index (χ3n) is 3.78. The van der Waals surface area contributed by atoms with Crippen LogP contribution < -0.4 is 10.6 Å². The zero-order chi connectivity index (χ0) is 14.8. The van der Waals surface area contributed by atoms with Gasteiger partial charge >= 0.3 is 0 Å². The lowest BCUT2D eigenvalue weighted by molar-refractivity contribution is 0.518. The van der Waals surface area contributed by atoms with Gasteiger partial charge in [-0.1, -0.05) is 40.5 Å². The molecule has 1 aromatic rings. The van der Waals surface area contributed by atoms with Crippen LogP contribution in [0.4, 0.5) is 5.82 Å². The Balaban J connectivity index is 2.66. The van der Waals surface area contributed by atoms with Gasteiger partial charge in [0.05, 0.1) is 0 Å². The molecule has 0 aliphatic rings. The Labute approximate surface area is 124 Å². The number of nitrogens with zero attached hydrogens (tertiary/aromatic N) is 1. The normalized spacial score (nSPS) is 11.1. The van der Waals surface area contributed by atoms with Gasteiger partial charge < -0.3 is 10.6 Å². The maximum atomic E-state index is 4.68. The van der Waals surface area contributed by atoms with Gasteiger partial charge in [-0.2, -0.15) is 0 Å². The van der Waals surface area contributed by atoms with E-state index in [9.17, 15) is 0 Å². The van der Waals surface area contributed by atoms with Crippen LogP contribution in [0.1, 0.15) is 58.2 Å². The van der Waals surface area contributed by atoms with E-state index in [0.717, 1.165) is 37.8 Å². The molecule has 3 nitrogen and oxygen atoms in total. The van der Waals surface area contributed by atoms with E-state index in [4.69, 9.17) is 0 Å². The molecule has 1 rings (SSSR count). The van der Waals surface area contributed by atoms with Gasteiger partial charge in [0.25, 0.3) is 0 Å². The minimum Gasteiger partial charge on any atom is -0.370 e. The molecule has 0 spiro atoms. The van der Waals surface area contributed by atoms with Crippen molar-refractivity contribution < 1.29 is 0 Å². The van der Waals surface area contributed by atoms with Gasteiger partial charge in [0.2, 0.25) is 0 Å². The van der Waals surface area contributed by atoms with Crippen LogP contribution in [0.25, 0.3) is 0 Å². The van der Waals surface area contributed by atoms with Crippen LogP contribution in [0.3, 0.4) is 0 Å². The number of anilines is 1. The second-order valence-electron chi connectivity index (χ2n) is 5.45. The lowest BCUT2D eigenvalue weighted by Crippen LogP contribution is -2.16. The smallest absolute Gasteiger partial charge is 0.126 e. The molecule has 1 aromatic heterocycles. The Morgan fingerprint density at radius 2 is 1.85 bits per heavy atom. The fourth-order valence-corrected chi connectivity index (χ4v) is 2.26. The fourth-order valence-electron chi connectivity index (χ4n) is 2.26. The van der Waals surface area contributed by atoms with E-state index in [1.165, 1.54) is 30.5 Å². The number of hydrogen-bond acceptors (Lipinski definition) is 3. The van der Waals surface area contributed by atoms with E-state index in [2.05, 4.69) is 55.4 Å². The summed E-state index contributed by atoms with van der Waals surface area (Å²) in [4.78, 5) is 4.68.